The first-order valence-corrected chi connectivity index (χ1v) is 11.6. The lowest BCUT2D eigenvalue weighted by molar-refractivity contribution is -0.124. The van der Waals surface area contributed by atoms with E-state index in [1.807, 2.05) is 18.2 Å². The van der Waals surface area contributed by atoms with E-state index in [1.165, 1.54) is 31.0 Å². The fourth-order valence-corrected chi connectivity index (χ4v) is 6.73. The number of hydrogen-bond acceptors (Lipinski definition) is 5. The number of carbonyl (C=O) groups excluding carboxylic acids is 2. The first-order chi connectivity index (χ1) is 14.1. The fourth-order valence-electron chi connectivity index (χ4n) is 5.89. The Morgan fingerprint density at radius 3 is 2.45 bits per heavy atom. The molecule has 0 radical (unpaired) electrons. The Morgan fingerprint density at radius 1 is 1.14 bits per heavy atom. The molecule has 4 fully saturated rings. The molecule has 29 heavy (non-hydrogen) atoms. The van der Waals surface area contributed by atoms with Crippen LogP contribution < -0.4 is 5.32 Å². The number of ether oxygens (including phenoxy) is 1. The van der Waals surface area contributed by atoms with Crippen LogP contribution in [0.25, 0.3) is 0 Å². The number of carbonyl (C=O) groups is 2. The number of esters is 1. The molecule has 1 aromatic rings. The van der Waals surface area contributed by atoms with Crippen molar-refractivity contribution in [1.29, 1.82) is 5.26 Å². The van der Waals surface area contributed by atoms with Gasteiger partial charge >= 0.3 is 5.97 Å². The second-order valence-corrected chi connectivity index (χ2v) is 9.95. The van der Waals surface area contributed by atoms with Gasteiger partial charge in [-0.1, -0.05) is 12.1 Å². The number of benzene rings is 1. The zero-order valence-corrected chi connectivity index (χ0v) is 17.5. The van der Waals surface area contributed by atoms with Gasteiger partial charge < -0.3 is 10.1 Å². The largest absolute Gasteiger partial charge is 0.462 e. The van der Waals surface area contributed by atoms with Crippen LogP contribution in [-0.2, 0) is 9.53 Å². The van der Waals surface area contributed by atoms with Crippen molar-refractivity contribution in [2.75, 3.05) is 12.4 Å². The highest BCUT2D eigenvalue weighted by atomic mass is 32.2. The summed E-state index contributed by atoms with van der Waals surface area (Å²) in [6.45, 7) is 0.234. The predicted molar refractivity (Wildman–Crippen MR) is 111 cm³/mol. The van der Waals surface area contributed by atoms with E-state index in [9.17, 15) is 9.59 Å². The first-order valence-electron chi connectivity index (χ1n) is 10.6. The molecule has 1 N–H and O–H groups in total. The smallest absolute Gasteiger partial charge is 0.339 e. The Kier molecular flexibility index (Phi) is 6.15. The third-order valence-electron chi connectivity index (χ3n) is 6.57. The highest BCUT2D eigenvalue weighted by Crippen LogP contribution is 2.55. The third-order valence-corrected chi connectivity index (χ3v) is 7.65. The Labute approximate surface area is 176 Å². The molecule has 0 saturated heterocycles. The van der Waals surface area contributed by atoms with Crippen LogP contribution in [0.15, 0.2) is 29.2 Å². The van der Waals surface area contributed by atoms with E-state index in [-0.39, 0.29) is 18.1 Å². The van der Waals surface area contributed by atoms with Gasteiger partial charge in [-0.2, -0.15) is 5.26 Å². The van der Waals surface area contributed by atoms with Crippen LogP contribution in [0.4, 0.5) is 0 Å². The number of amides is 1. The molecule has 4 aliphatic carbocycles. The van der Waals surface area contributed by atoms with E-state index >= 15 is 0 Å². The normalized spacial score (nSPS) is 29.3. The summed E-state index contributed by atoms with van der Waals surface area (Å²) in [5.74, 6) is 2.37. The van der Waals surface area contributed by atoms with Gasteiger partial charge in [-0.15, -0.1) is 11.8 Å². The fraction of sp³-hybridized carbons (Fsp3) is 0.609. The lowest BCUT2D eigenvalue weighted by atomic mass is 9.53. The SMILES string of the molecule is N#CCCCOC(=O)c1ccccc1SCC(=O)NC12CC3CC(CC(C3)C1)C2. The number of nitriles is 1. The van der Waals surface area contributed by atoms with Crippen LogP contribution in [0, 0.1) is 29.1 Å². The molecule has 5 rings (SSSR count). The molecule has 0 spiro atoms. The Hall–Kier alpha value is -2.00. The molecule has 1 amide bonds. The predicted octanol–water partition coefficient (Wildman–Crippen LogP) is 4.32. The van der Waals surface area contributed by atoms with Crippen molar-refractivity contribution in [3.8, 4) is 6.07 Å². The van der Waals surface area contributed by atoms with Gasteiger partial charge in [0.15, 0.2) is 0 Å². The molecule has 4 bridgehead atoms. The number of rotatable bonds is 8. The molecule has 5 nitrogen and oxygen atoms in total. The van der Waals surface area contributed by atoms with Crippen molar-refractivity contribution in [3.63, 3.8) is 0 Å². The van der Waals surface area contributed by atoms with Crippen molar-refractivity contribution in [1.82, 2.24) is 5.32 Å². The van der Waals surface area contributed by atoms with Crippen LogP contribution in [0.1, 0.15) is 61.7 Å². The molecule has 6 heteroatoms. The molecule has 4 aliphatic rings. The average Bonchev–Trinajstić information content (AvgIpc) is 2.68. The summed E-state index contributed by atoms with van der Waals surface area (Å²) in [5.41, 5.74) is 0.503. The molecular formula is C23H28N2O3S. The van der Waals surface area contributed by atoms with E-state index in [2.05, 4.69) is 5.32 Å². The standard InChI is InChI=1S/C23H28N2O3S/c24-7-3-4-8-28-22(27)19-5-1-2-6-20(19)29-15-21(26)25-23-12-16-9-17(13-23)11-18(10-16)14-23/h1-2,5-6,16-18H,3-4,8-15H2,(H,25,26). The molecule has 1 aromatic carbocycles. The molecule has 0 aromatic heterocycles. The molecular weight excluding hydrogens is 384 g/mol. The summed E-state index contributed by atoms with van der Waals surface area (Å²) in [4.78, 5) is 25.9. The van der Waals surface area contributed by atoms with Crippen molar-refractivity contribution in [3.05, 3.63) is 29.8 Å². The Morgan fingerprint density at radius 2 is 1.79 bits per heavy atom. The number of hydrogen-bond donors (Lipinski definition) is 1. The summed E-state index contributed by atoms with van der Waals surface area (Å²) in [6, 6.07) is 9.29. The maximum atomic E-state index is 12.7. The van der Waals surface area contributed by atoms with Gasteiger partial charge in [0.25, 0.3) is 0 Å². The van der Waals surface area contributed by atoms with Crippen LogP contribution in [0.5, 0.6) is 0 Å². The number of unbranched alkanes of at least 4 members (excludes halogenated alkanes) is 1. The summed E-state index contributed by atoms with van der Waals surface area (Å²) in [5, 5.41) is 12.0. The second-order valence-electron chi connectivity index (χ2n) is 8.93. The van der Waals surface area contributed by atoms with E-state index in [0.717, 1.165) is 41.9 Å². The molecule has 0 atom stereocenters. The zero-order valence-electron chi connectivity index (χ0n) is 16.7. The van der Waals surface area contributed by atoms with Gasteiger partial charge in [0.05, 0.1) is 24.0 Å². The van der Waals surface area contributed by atoms with E-state index in [4.69, 9.17) is 10.00 Å². The van der Waals surface area contributed by atoms with Gasteiger partial charge in [0, 0.05) is 16.9 Å². The highest BCUT2D eigenvalue weighted by Gasteiger charge is 2.51. The summed E-state index contributed by atoms with van der Waals surface area (Å²) < 4.78 is 5.26. The number of thioether (sulfide) groups is 1. The van der Waals surface area contributed by atoms with Gasteiger partial charge in [0.1, 0.15) is 0 Å². The Balaban J connectivity index is 1.32. The van der Waals surface area contributed by atoms with Gasteiger partial charge in [-0.25, -0.2) is 4.79 Å². The minimum Gasteiger partial charge on any atom is -0.462 e. The van der Waals surface area contributed by atoms with Crippen LogP contribution >= 0.6 is 11.8 Å². The third kappa shape index (κ3) is 4.78. The number of nitrogens with zero attached hydrogens (tertiary/aromatic N) is 1. The van der Waals surface area contributed by atoms with Crippen LogP contribution in [0.3, 0.4) is 0 Å². The van der Waals surface area contributed by atoms with Crippen molar-refractivity contribution in [2.24, 2.45) is 17.8 Å². The van der Waals surface area contributed by atoms with E-state index in [1.54, 1.807) is 12.1 Å². The second kappa shape index (κ2) is 8.79. The molecule has 0 unspecified atom stereocenters. The van der Waals surface area contributed by atoms with Crippen LogP contribution in [0.2, 0.25) is 0 Å². The highest BCUT2D eigenvalue weighted by molar-refractivity contribution is 8.00. The first kappa shape index (κ1) is 20.3. The molecule has 0 aliphatic heterocycles. The maximum Gasteiger partial charge on any atom is 0.339 e. The lowest BCUT2D eigenvalue weighted by Gasteiger charge is -2.56. The lowest BCUT2D eigenvalue weighted by Crippen LogP contribution is -2.60. The van der Waals surface area contributed by atoms with Crippen LogP contribution in [-0.4, -0.2) is 29.8 Å². The quantitative estimate of drug-likeness (QED) is 0.391. The Bertz CT molecular complexity index is 781. The average molecular weight is 413 g/mol. The summed E-state index contributed by atoms with van der Waals surface area (Å²) in [7, 11) is 0. The number of nitrogens with one attached hydrogen (secondary N) is 1. The minimum absolute atomic E-state index is 0.0194. The topological polar surface area (TPSA) is 79.2 Å². The molecule has 4 saturated carbocycles. The summed E-state index contributed by atoms with van der Waals surface area (Å²) in [6.07, 6.45) is 8.39. The van der Waals surface area contributed by atoms with Gasteiger partial charge in [0.2, 0.25) is 5.91 Å². The van der Waals surface area contributed by atoms with Crippen molar-refractivity contribution >= 4 is 23.6 Å². The van der Waals surface area contributed by atoms with Gasteiger partial charge in [-0.3, -0.25) is 4.79 Å². The monoisotopic (exact) mass is 412 g/mol. The summed E-state index contributed by atoms with van der Waals surface area (Å²) >= 11 is 1.39. The zero-order chi connectivity index (χ0) is 20.3. The maximum absolute atomic E-state index is 12.7. The molecule has 154 valence electrons. The van der Waals surface area contributed by atoms with E-state index < -0.39 is 5.97 Å². The van der Waals surface area contributed by atoms with Crippen molar-refractivity contribution in [2.45, 2.75) is 61.8 Å². The van der Waals surface area contributed by atoms with Crippen molar-refractivity contribution < 1.29 is 14.3 Å². The van der Waals surface area contributed by atoms with E-state index in [0.29, 0.717) is 24.2 Å². The minimum atomic E-state index is -0.396. The van der Waals surface area contributed by atoms with Gasteiger partial charge in [-0.05, 0) is 74.8 Å². The molecule has 0 heterocycles.